The number of benzene rings is 1. The van der Waals surface area contributed by atoms with Crippen LogP contribution in [-0.2, 0) is 4.79 Å². The maximum atomic E-state index is 11.8. The third-order valence-electron chi connectivity index (χ3n) is 3.54. The summed E-state index contributed by atoms with van der Waals surface area (Å²) in [5, 5.41) is 6.22. The molecule has 0 saturated carbocycles. The Labute approximate surface area is 126 Å². The second-order valence-corrected chi connectivity index (χ2v) is 5.17. The first-order valence-electron chi connectivity index (χ1n) is 7.61. The normalized spacial score (nSPS) is 17.5. The van der Waals surface area contributed by atoms with E-state index in [0.717, 1.165) is 19.5 Å². The van der Waals surface area contributed by atoms with Gasteiger partial charge in [0, 0.05) is 6.54 Å². The monoisotopic (exact) mass is 292 g/mol. The Balaban J connectivity index is 1.68. The highest BCUT2D eigenvalue weighted by Gasteiger charge is 2.14. The van der Waals surface area contributed by atoms with Crippen LogP contribution in [-0.4, -0.2) is 38.8 Å². The van der Waals surface area contributed by atoms with E-state index in [4.69, 9.17) is 9.47 Å². The number of carbonyl (C=O) groups is 1. The molecule has 21 heavy (non-hydrogen) atoms. The maximum absolute atomic E-state index is 11.8. The number of para-hydroxylation sites is 2. The zero-order valence-electron chi connectivity index (χ0n) is 12.6. The SMILES string of the molecule is CCOc1ccccc1OCC(=O)NCCC1CCNC1. The van der Waals surface area contributed by atoms with Crippen LogP contribution in [0.3, 0.4) is 0 Å². The van der Waals surface area contributed by atoms with Gasteiger partial charge in [0.2, 0.25) is 0 Å². The summed E-state index contributed by atoms with van der Waals surface area (Å²) < 4.78 is 11.0. The van der Waals surface area contributed by atoms with E-state index in [1.54, 1.807) is 0 Å². The fourth-order valence-electron chi connectivity index (χ4n) is 2.42. The van der Waals surface area contributed by atoms with Gasteiger partial charge >= 0.3 is 0 Å². The van der Waals surface area contributed by atoms with Gasteiger partial charge in [-0.3, -0.25) is 4.79 Å². The molecule has 1 saturated heterocycles. The minimum absolute atomic E-state index is 0.0208. The fourth-order valence-corrected chi connectivity index (χ4v) is 2.42. The average Bonchev–Trinajstić information content (AvgIpc) is 3.00. The molecule has 2 N–H and O–H groups in total. The molecule has 116 valence electrons. The third-order valence-corrected chi connectivity index (χ3v) is 3.54. The molecule has 1 aromatic carbocycles. The molecule has 0 aliphatic carbocycles. The Bertz CT molecular complexity index is 445. The Morgan fingerprint density at radius 2 is 2.10 bits per heavy atom. The Morgan fingerprint density at radius 1 is 1.33 bits per heavy atom. The van der Waals surface area contributed by atoms with Gasteiger partial charge in [-0.25, -0.2) is 0 Å². The summed E-state index contributed by atoms with van der Waals surface area (Å²) in [5.41, 5.74) is 0. The minimum atomic E-state index is -0.0905. The smallest absolute Gasteiger partial charge is 0.257 e. The van der Waals surface area contributed by atoms with Crippen molar-refractivity contribution >= 4 is 5.91 Å². The van der Waals surface area contributed by atoms with Gasteiger partial charge in [0.15, 0.2) is 18.1 Å². The molecule has 5 heteroatoms. The number of amides is 1. The van der Waals surface area contributed by atoms with Crippen LogP contribution in [0.15, 0.2) is 24.3 Å². The van der Waals surface area contributed by atoms with Gasteiger partial charge in [-0.05, 0) is 50.9 Å². The molecular weight excluding hydrogens is 268 g/mol. The highest BCUT2D eigenvalue weighted by atomic mass is 16.5. The number of carbonyl (C=O) groups excluding carboxylic acids is 1. The first-order valence-corrected chi connectivity index (χ1v) is 7.61. The lowest BCUT2D eigenvalue weighted by molar-refractivity contribution is -0.123. The largest absolute Gasteiger partial charge is 0.490 e. The molecule has 1 amide bonds. The summed E-state index contributed by atoms with van der Waals surface area (Å²) in [6.07, 6.45) is 2.22. The molecule has 0 bridgehead atoms. The fraction of sp³-hybridized carbons (Fsp3) is 0.562. The van der Waals surface area contributed by atoms with Crippen molar-refractivity contribution in [2.75, 3.05) is 32.8 Å². The molecular formula is C16H24N2O3. The average molecular weight is 292 g/mol. The lowest BCUT2D eigenvalue weighted by atomic mass is 10.1. The maximum Gasteiger partial charge on any atom is 0.257 e. The molecule has 1 heterocycles. The molecule has 1 aliphatic heterocycles. The molecule has 1 atom stereocenters. The standard InChI is InChI=1S/C16H24N2O3/c1-2-20-14-5-3-4-6-15(14)21-12-16(19)18-10-8-13-7-9-17-11-13/h3-6,13,17H,2,7-12H2,1H3,(H,18,19). The van der Waals surface area contributed by atoms with E-state index in [2.05, 4.69) is 10.6 Å². The van der Waals surface area contributed by atoms with E-state index in [9.17, 15) is 4.79 Å². The van der Waals surface area contributed by atoms with E-state index >= 15 is 0 Å². The summed E-state index contributed by atoms with van der Waals surface area (Å²) in [4.78, 5) is 11.8. The van der Waals surface area contributed by atoms with E-state index in [0.29, 0.717) is 30.6 Å². The lowest BCUT2D eigenvalue weighted by Gasteiger charge is -2.12. The molecule has 1 fully saturated rings. The van der Waals surface area contributed by atoms with Crippen molar-refractivity contribution < 1.29 is 14.3 Å². The zero-order valence-corrected chi connectivity index (χ0v) is 12.6. The van der Waals surface area contributed by atoms with E-state index in [1.165, 1.54) is 6.42 Å². The predicted octanol–water partition coefficient (Wildman–Crippen LogP) is 1.58. The topological polar surface area (TPSA) is 59.6 Å². The lowest BCUT2D eigenvalue weighted by Crippen LogP contribution is -2.31. The summed E-state index contributed by atoms with van der Waals surface area (Å²) in [6, 6.07) is 7.39. The Morgan fingerprint density at radius 3 is 2.76 bits per heavy atom. The summed E-state index contributed by atoms with van der Waals surface area (Å²) in [7, 11) is 0. The predicted molar refractivity (Wildman–Crippen MR) is 81.7 cm³/mol. The molecule has 1 aliphatic rings. The van der Waals surface area contributed by atoms with Crippen molar-refractivity contribution in [3.05, 3.63) is 24.3 Å². The first-order chi connectivity index (χ1) is 10.3. The van der Waals surface area contributed by atoms with Gasteiger partial charge < -0.3 is 20.1 Å². The molecule has 0 aromatic heterocycles. The first kappa shape index (κ1) is 15.6. The summed E-state index contributed by atoms with van der Waals surface area (Å²) in [5.74, 6) is 1.87. The molecule has 1 aromatic rings. The molecule has 0 spiro atoms. The Hall–Kier alpha value is -1.75. The molecule has 2 rings (SSSR count). The second-order valence-electron chi connectivity index (χ2n) is 5.17. The van der Waals surface area contributed by atoms with E-state index in [1.807, 2.05) is 31.2 Å². The van der Waals surface area contributed by atoms with E-state index in [-0.39, 0.29) is 12.5 Å². The number of hydrogen-bond acceptors (Lipinski definition) is 4. The quantitative estimate of drug-likeness (QED) is 0.764. The van der Waals surface area contributed by atoms with Crippen LogP contribution in [0.5, 0.6) is 11.5 Å². The molecule has 1 unspecified atom stereocenters. The zero-order chi connectivity index (χ0) is 14.9. The van der Waals surface area contributed by atoms with E-state index < -0.39 is 0 Å². The van der Waals surface area contributed by atoms with Crippen LogP contribution in [0.2, 0.25) is 0 Å². The van der Waals surface area contributed by atoms with Gasteiger partial charge in [-0.1, -0.05) is 12.1 Å². The van der Waals surface area contributed by atoms with Gasteiger partial charge in [-0.2, -0.15) is 0 Å². The van der Waals surface area contributed by atoms with Crippen LogP contribution in [0.4, 0.5) is 0 Å². The van der Waals surface area contributed by atoms with Crippen LogP contribution < -0.4 is 20.1 Å². The number of hydrogen-bond donors (Lipinski definition) is 2. The highest BCUT2D eigenvalue weighted by Crippen LogP contribution is 2.26. The van der Waals surface area contributed by atoms with Crippen molar-refractivity contribution in [2.45, 2.75) is 19.8 Å². The van der Waals surface area contributed by atoms with Crippen LogP contribution in [0.1, 0.15) is 19.8 Å². The minimum Gasteiger partial charge on any atom is -0.490 e. The second kappa shape index (κ2) is 8.52. The van der Waals surface area contributed by atoms with Gasteiger partial charge in [0.25, 0.3) is 5.91 Å². The van der Waals surface area contributed by atoms with Crippen molar-refractivity contribution in [3.63, 3.8) is 0 Å². The van der Waals surface area contributed by atoms with Crippen LogP contribution in [0.25, 0.3) is 0 Å². The van der Waals surface area contributed by atoms with Crippen molar-refractivity contribution in [1.82, 2.24) is 10.6 Å². The number of rotatable bonds is 8. The Kier molecular flexibility index (Phi) is 6.34. The van der Waals surface area contributed by atoms with Crippen molar-refractivity contribution in [1.29, 1.82) is 0 Å². The highest BCUT2D eigenvalue weighted by molar-refractivity contribution is 5.77. The summed E-state index contributed by atoms with van der Waals surface area (Å²) >= 11 is 0. The summed E-state index contributed by atoms with van der Waals surface area (Å²) in [6.45, 7) is 5.38. The van der Waals surface area contributed by atoms with Gasteiger partial charge in [0.05, 0.1) is 6.61 Å². The van der Waals surface area contributed by atoms with Crippen molar-refractivity contribution in [2.24, 2.45) is 5.92 Å². The number of nitrogens with one attached hydrogen (secondary N) is 2. The number of ether oxygens (including phenoxy) is 2. The molecule has 0 radical (unpaired) electrons. The van der Waals surface area contributed by atoms with Crippen LogP contribution in [0, 0.1) is 5.92 Å². The third kappa shape index (κ3) is 5.27. The van der Waals surface area contributed by atoms with Gasteiger partial charge in [0.1, 0.15) is 0 Å². The van der Waals surface area contributed by atoms with Crippen molar-refractivity contribution in [3.8, 4) is 11.5 Å². The van der Waals surface area contributed by atoms with Crippen LogP contribution >= 0.6 is 0 Å². The molecule has 5 nitrogen and oxygen atoms in total. The van der Waals surface area contributed by atoms with Gasteiger partial charge in [-0.15, -0.1) is 0 Å².